The van der Waals surface area contributed by atoms with E-state index in [9.17, 15) is 9.18 Å². The molecule has 0 saturated carbocycles. The Morgan fingerprint density at radius 2 is 2.12 bits per heavy atom. The van der Waals surface area contributed by atoms with Gasteiger partial charge < -0.3 is 9.84 Å². The standard InChI is InChI=1S/C11H12BrFO3/c1-6(2)10(11(14)15)16-9-4-3-7(12)5-8(9)13/h3-6,10H,1-2H3,(H,14,15)/t10-/m1/s1. The molecule has 3 nitrogen and oxygen atoms in total. The Morgan fingerprint density at radius 1 is 1.50 bits per heavy atom. The monoisotopic (exact) mass is 290 g/mol. The molecule has 0 unspecified atom stereocenters. The third kappa shape index (κ3) is 3.20. The summed E-state index contributed by atoms with van der Waals surface area (Å²) < 4.78 is 19.1. The number of hydrogen-bond donors (Lipinski definition) is 1. The molecule has 0 aliphatic heterocycles. The zero-order valence-corrected chi connectivity index (χ0v) is 10.5. The van der Waals surface area contributed by atoms with Crippen LogP contribution in [0.2, 0.25) is 0 Å². The van der Waals surface area contributed by atoms with Crippen molar-refractivity contribution in [3.63, 3.8) is 0 Å². The Hall–Kier alpha value is -1.10. The fraction of sp³-hybridized carbons (Fsp3) is 0.364. The first-order valence-electron chi connectivity index (χ1n) is 4.76. The van der Waals surface area contributed by atoms with Crippen LogP contribution < -0.4 is 4.74 Å². The summed E-state index contributed by atoms with van der Waals surface area (Å²) in [7, 11) is 0. The van der Waals surface area contributed by atoms with E-state index in [-0.39, 0.29) is 11.7 Å². The molecule has 0 heterocycles. The van der Waals surface area contributed by atoms with E-state index in [1.165, 1.54) is 12.1 Å². The van der Waals surface area contributed by atoms with Crippen molar-refractivity contribution in [1.29, 1.82) is 0 Å². The third-order valence-electron chi connectivity index (χ3n) is 2.00. The number of aliphatic carboxylic acids is 1. The minimum Gasteiger partial charge on any atom is -0.478 e. The maximum Gasteiger partial charge on any atom is 0.345 e. The van der Waals surface area contributed by atoms with Crippen molar-refractivity contribution in [2.75, 3.05) is 0 Å². The van der Waals surface area contributed by atoms with Crippen LogP contribution in [0, 0.1) is 11.7 Å². The summed E-state index contributed by atoms with van der Waals surface area (Å²) in [6.45, 7) is 3.41. The molecular formula is C11H12BrFO3. The predicted octanol–water partition coefficient (Wildman–Crippen LogP) is 3.08. The van der Waals surface area contributed by atoms with Crippen LogP contribution in [0.1, 0.15) is 13.8 Å². The lowest BCUT2D eigenvalue weighted by atomic mass is 10.1. The van der Waals surface area contributed by atoms with E-state index in [4.69, 9.17) is 9.84 Å². The second kappa shape index (κ2) is 5.30. The van der Waals surface area contributed by atoms with Crippen LogP contribution in [0.5, 0.6) is 5.75 Å². The van der Waals surface area contributed by atoms with E-state index in [0.29, 0.717) is 4.47 Å². The zero-order valence-electron chi connectivity index (χ0n) is 8.91. The van der Waals surface area contributed by atoms with Crippen LogP contribution in [0.25, 0.3) is 0 Å². The molecule has 0 spiro atoms. The quantitative estimate of drug-likeness (QED) is 0.927. The topological polar surface area (TPSA) is 46.5 Å². The van der Waals surface area contributed by atoms with Crippen LogP contribution in [0.3, 0.4) is 0 Å². The first-order valence-corrected chi connectivity index (χ1v) is 5.55. The highest BCUT2D eigenvalue weighted by molar-refractivity contribution is 9.10. The summed E-state index contributed by atoms with van der Waals surface area (Å²) in [5.41, 5.74) is 0. The average Bonchev–Trinajstić information content (AvgIpc) is 2.15. The number of hydrogen-bond acceptors (Lipinski definition) is 2. The van der Waals surface area contributed by atoms with Gasteiger partial charge in [-0.1, -0.05) is 29.8 Å². The summed E-state index contributed by atoms with van der Waals surface area (Å²) in [5.74, 6) is -1.97. The molecule has 0 bridgehead atoms. The summed E-state index contributed by atoms with van der Waals surface area (Å²) >= 11 is 3.11. The van der Waals surface area contributed by atoms with Crippen LogP contribution in [0.4, 0.5) is 4.39 Å². The van der Waals surface area contributed by atoms with Gasteiger partial charge in [0, 0.05) is 10.4 Å². The molecule has 0 aliphatic rings. The highest BCUT2D eigenvalue weighted by Gasteiger charge is 2.24. The van der Waals surface area contributed by atoms with Crippen molar-refractivity contribution in [2.24, 2.45) is 5.92 Å². The SMILES string of the molecule is CC(C)[C@@H](Oc1ccc(Br)cc1F)C(=O)O. The van der Waals surface area contributed by atoms with E-state index in [2.05, 4.69) is 15.9 Å². The Bertz CT molecular complexity index is 393. The molecule has 5 heteroatoms. The predicted molar refractivity (Wildman–Crippen MR) is 61.0 cm³/mol. The van der Waals surface area contributed by atoms with Crippen LogP contribution in [-0.4, -0.2) is 17.2 Å². The van der Waals surface area contributed by atoms with Gasteiger partial charge in [0.2, 0.25) is 0 Å². The smallest absolute Gasteiger partial charge is 0.345 e. The second-order valence-electron chi connectivity index (χ2n) is 3.70. The number of carboxylic acid groups (broad SMARTS) is 1. The summed E-state index contributed by atoms with van der Waals surface area (Å²) in [4.78, 5) is 10.9. The average molecular weight is 291 g/mol. The van der Waals surface area contributed by atoms with Crippen molar-refractivity contribution in [3.8, 4) is 5.75 Å². The lowest BCUT2D eigenvalue weighted by Crippen LogP contribution is -2.32. The van der Waals surface area contributed by atoms with Crippen molar-refractivity contribution >= 4 is 21.9 Å². The molecule has 0 fully saturated rings. The van der Waals surface area contributed by atoms with Gasteiger partial charge in [0.15, 0.2) is 17.7 Å². The molecular weight excluding hydrogens is 279 g/mol. The number of ether oxygens (including phenoxy) is 1. The largest absolute Gasteiger partial charge is 0.478 e. The molecule has 88 valence electrons. The van der Waals surface area contributed by atoms with Crippen LogP contribution in [-0.2, 0) is 4.79 Å². The Labute approximate surface area is 101 Å². The van der Waals surface area contributed by atoms with Crippen molar-refractivity contribution in [2.45, 2.75) is 20.0 Å². The first kappa shape index (κ1) is 13.0. The minimum absolute atomic E-state index is 0.0516. The van der Waals surface area contributed by atoms with Gasteiger partial charge in [-0.2, -0.15) is 0 Å². The Balaban J connectivity index is 2.90. The summed E-state index contributed by atoms with van der Waals surface area (Å²) in [5, 5.41) is 8.89. The van der Waals surface area contributed by atoms with E-state index in [1.807, 2.05) is 0 Å². The molecule has 1 atom stereocenters. The highest BCUT2D eigenvalue weighted by Crippen LogP contribution is 2.23. The third-order valence-corrected chi connectivity index (χ3v) is 2.49. The van der Waals surface area contributed by atoms with Crippen molar-refractivity contribution in [3.05, 3.63) is 28.5 Å². The van der Waals surface area contributed by atoms with Gasteiger partial charge >= 0.3 is 5.97 Å². The molecule has 1 N–H and O–H groups in total. The molecule has 1 rings (SSSR count). The molecule has 16 heavy (non-hydrogen) atoms. The lowest BCUT2D eigenvalue weighted by molar-refractivity contribution is -0.147. The van der Waals surface area contributed by atoms with Crippen molar-refractivity contribution in [1.82, 2.24) is 0 Å². The van der Waals surface area contributed by atoms with E-state index < -0.39 is 17.9 Å². The van der Waals surface area contributed by atoms with Crippen LogP contribution >= 0.6 is 15.9 Å². The maximum atomic E-state index is 13.4. The molecule has 0 aliphatic carbocycles. The van der Waals surface area contributed by atoms with Gasteiger partial charge in [-0.05, 0) is 18.2 Å². The molecule has 0 radical (unpaired) electrons. The second-order valence-corrected chi connectivity index (χ2v) is 4.61. The number of carboxylic acids is 1. The zero-order chi connectivity index (χ0) is 12.3. The number of rotatable bonds is 4. The maximum absolute atomic E-state index is 13.4. The van der Waals surface area contributed by atoms with Gasteiger partial charge in [0.05, 0.1) is 0 Å². The van der Waals surface area contributed by atoms with E-state index >= 15 is 0 Å². The van der Waals surface area contributed by atoms with Gasteiger partial charge in [-0.3, -0.25) is 0 Å². The first-order chi connectivity index (χ1) is 7.41. The lowest BCUT2D eigenvalue weighted by Gasteiger charge is -2.18. The number of benzene rings is 1. The van der Waals surface area contributed by atoms with Gasteiger partial charge in [0.1, 0.15) is 0 Å². The van der Waals surface area contributed by atoms with Crippen LogP contribution in [0.15, 0.2) is 22.7 Å². The highest BCUT2D eigenvalue weighted by atomic mass is 79.9. The fourth-order valence-corrected chi connectivity index (χ4v) is 1.51. The van der Waals surface area contributed by atoms with E-state index in [0.717, 1.165) is 0 Å². The molecule has 0 amide bonds. The minimum atomic E-state index is -1.10. The van der Waals surface area contributed by atoms with Gasteiger partial charge in [-0.25, -0.2) is 9.18 Å². The number of halogens is 2. The summed E-state index contributed by atoms with van der Waals surface area (Å²) in [6.07, 6.45) is -1.05. The molecule has 1 aromatic carbocycles. The van der Waals surface area contributed by atoms with E-state index in [1.54, 1.807) is 19.9 Å². The van der Waals surface area contributed by atoms with Gasteiger partial charge in [-0.15, -0.1) is 0 Å². The number of carbonyl (C=O) groups is 1. The van der Waals surface area contributed by atoms with Crippen molar-refractivity contribution < 1.29 is 19.0 Å². The molecule has 1 aromatic rings. The van der Waals surface area contributed by atoms with Gasteiger partial charge in [0.25, 0.3) is 0 Å². The summed E-state index contributed by atoms with van der Waals surface area (Å²) in [6, 6.07) is 4.23. The molecule has 0 aromatic heterocycles. The normalized spacial score (nSPS) is 12.6. The fourth-order valence-electron chi connectivity index (χ4n) is 1.18. The Morgan fingerprint density at radius 3 is 2.56 bits per heavy atom. The Kier molecular flexibility index (Phi) is 4.29. The molecule has 0 saturated heterocycles.